The van der Waals surface area contributed by atoms with Crippen molar-refractivity contribution >= 4 is 45.0 Å². The molecule has 6 heteroatoms. The molecule has 0 aromatic heterocycles. The predicted octanol–water partition coefficient (Wildman–Crippen LogP) is 4.29. The maximum atomic E-state index is 12.9. The number of amides is 2. The van der Waals surface area contributed by atoms with Gasteiger partial charge in [0.2, 0.25) is 5.91 Å². The molecule has 0 radical (unpaired) electrons. The summed E-state index contributed by atoms with van der Waals surface area (Å²) in [6.07, 6.45) is 0. The summed E-state index contributed by atoms with van der Waals surface area (Å²) >= 11 is 9.38. The van der Waals surface area contributed by atoms with Crippen LogP contribution < -0.4 is 4.90 Å². The van der Waals surface area contributed by atoms with Gasteiger partial charge in [-0.2, -0.15) is 0 Å². The lowest BCUT2D eigenvalue weighted by atomic mass is 10.1. The lowest BCUT2D eigenvalue weighted by Gasteiger charge is -2.39. The van der Waals surface area contributed by atoms with Crippen molar-refractivity contribution in [2.24, 2.45) is 0 Å². The van der Waals surface area contributed by atoms with Crippen molar-refractivity contribution in [2.45, 2.75) is 19.9 Å². The maximum absolute atomic E-state index is 12.9. The zero-order chi connectivity index (χ0) is 18.1. The Morgan fingerprint density at radius 2 is 1.96 bits per heavy atom. The Balaban J connectivity index is 1.83. The van der Waals surface area contributed by atoms with Gasteiger partial charge < -0.3 is 9.80 Å². The van der Waals surface area contributed by atoms with Crippen LogP contribution in [0.5, 0.6) is 0 Å². The van der Waals surface area contributed by atoms with E-state index in [2.05, 4.69) is 15.9 Å². The summed E-state index contributed by atoms with van der Waals surface area (Å²) in [6, 6.07) is 12.2. The molecule has 1 aliphatic heterocycles. The third-order valence-electron chi connectivity index (χ3n) is 4.44. The molecule has 1 aliphatic rings. The van der Waals surface area contributed by atoms with Crippen molar-refractivity contribution in [3.63, 3.8) is 0 Å². The average Bonchev–Trinajstić information content (AvgIpc) is 2.57. The molecule has 1 atom stereocenters. The first-order valence-corrected chi connectivity index (χ1v) is 9.19. The van der Waals surface area contributed by atoms with Gasteiger partial charge in [0.05, 0.1) is 0 Å². The minimum absolute atomic E-state index is 0.0833. The Kier molecular flexibility index (Phi) is 5.16. The molecule has 2 amide bonds. The molecule has 0 N–H and O–H groups in total. The van der Waals surface area contributed by atoms with Gasteiger partial charge in [-0.1, -0.05) is 33.6 Å². The fraction of sp³-hybridized carbons (Fsp3) is 0.263. The van der Waals surface area contributed by atoms with Crippen LogP contribution in [-0.2, 0) is 4.79 Å². The summed E-state index contributed by atoms with van der Waals surface area (Å²) in [5.41, 5.74) is 2.36. The largest absolute Gasteiger partial charge is 0.325 e. The lowest BCUT2D eigenvalue weighted by molar-refractivity contribution is -0.124. The predicted molar refractivity (Wildman–Crippen MR) is 103 cm³/mol. The Labute approximate surface area is 160 Å². The summed E-state index contributed by atoms with van der Waals surface area (Å²) in [5.74, 6) is -0.213. The highest BCUT2D eigenvalue weighted by molar-refractivity contribution is 9.10. The molecule has 1 saturated heterocycles. The minimum Gasteiger partial charge on any atom is -0.325 e. The summed E-state index contributed by atoms with van der Waals surface area (Å²) in [4.78, 5) is 29.0. The van der Waals surface area contributed by atoms with E-state index >= 15 is 0 Å². The summed E-state index contributed by atoms with van der Waals surface area (Å²) < 4.78 is 0.841. The van der Waals surface area contributed by atoms with Crippen molar-refractivity contribution in [3.8, 4) is 0 Å². The molecular weight excluding hydrogens is 404 g/mol. The van der Waals surface area contributed by atoms with E-state index in [9.17, 15) is 9.59 Å². The molecule has 1 fully saturated rings. The monoisotopic (exact) mass is 420 g/mol. The summed E-state index contributed by atoms with van der Waals surface area (Å²) in [7, 11) is 0. The fourth-order valence-corrected chi connectivity index (χ4v) is 3.72. The van der Waals surface area contributed by atoms with E-state index in [-0.39, 0.29) is 11.8 Å². The van der Waals surface area contributed by atoms with Gasteiger partial charge in [0.15, 0.2) is 0 Å². The van der Waals surface area contributed by atoms with Crippen molar-refractivity contribution in [2.75, 3.05) is 18.0 Å². The molecule has 25 heavy (non-hydrogen) atoms. The molecule has 130 valence electrons. The van der Waals surface area contributed by atoms with Gasteiger partial charge in [-0.3, -0.25) is 9.59 Å². The van der Waals surface area contributed by atoms with Crippen LogP contribution in [0.1, 0.15) is 22.8 Å². The summed E-state index contributed by atoms with van der Waals surface area (Å²) in [5, 5.41) is 0.644. The van der Waals surface area contributed by atoms with Crippen molar-refractivity contribution < 1.29 is 9.59 Å². The smallest absolute Gasteiger partial charge is 0.254 e. The second kappa shape index (κ2) is 7.18. The number of piperazine rings is 1. The molecule has 2 aromatic rings. The van der Waals surface area contributed by atoms with Gasteiger partial charge >= 0.3 is 0 Å². The van der Waals surface area contributed by atoms with E-state index in [1.54, 1.807) is 34.9 Å². The summed E-state index contributed by atoms with van der Waals surface area (Å²) in [6.45, 7) is 4.65. The van der Waals surface area contributed by atoms with E-state index in [4.69, 9.17) is 11.6 Å². The normalized spacial score (nSPS) is 17.8. The van der Waals surface area contributed by atoms with E-state index < -0.39 is 6.04 Å². The SMILES string of the molecule is Cc1cc(Cl)ccc1N1CCN(C(=O)c2cccc(Br)c2)C(C)C1=O. The Bertz CT molecular complexity index is 840. The molecule has 0 aliphatic carbocycles. The number of halogens is 2. The lowest BCUT2D eigenvalue weighted by Crippen LogP contribution is -2.57. The van der Waals surface area contributed by atoms with Gasteiger partial charge in [-0.15, -0.1) is 0 Å². The number of benzene rings is 2. The molecule has 0 bridgehead atoms. The van der Waals surface area contributed by atoms with Crippen LogP contribution in [0.3, 0.4) is 0 Å². The van der Waals surface area contributed by atoms with Crippen LogP contribution in [-0.4, -0.2) is 35.8 Å². The molecule has 0 spiro atoms. The van der Waals surface area contributed by atoms with Gasteiger partial charge in [-0.25, -0.2) is 0 Å². The Morgan fingerprint density at radius 1 is 1.20 bits per heavy atom. The first kappa shape index (κ1) is 18.0. The quantitative estimate of drug-likeness (QED) is 0.726. The molecule has 3 rings (SSSR count). The first-order chi connectivity index (χ1) is 11.9. The molecule has 1 unspecified atom stereocenters. The third kappa shape index (κ3) is 3.58. The molecule has 4 nitrogen and oxygen atoms in total. The average molecular weight is 422 g/mol. The van der Waals surface area contributed by atoms with Crippen molar-refractivity contribution in [1.29, 1.82) is 0 Å². The number of carbonyl (C=O) groups excluding carboxylic acids is 2. The van der Waals surface area contributed by atoms with Crippen LogP contribution in [0.15, 0.2) is 46.9 Å². The number of carbonyl (C=O) groups is 2. The van der Waals surface area contributed by atoms with E-state index in [1.165, 1.54) is 0 Å². The van der Waals surface area contributed by atoms with Crippen molar-refractivity contribution in [3.05, 3.63) is 63.1 Å². The maximum Gasteiger partial charge on any atom is 0.254 e. The van der Waals surface area contributed by atoms with Gasteiger partial charge in [0, 0.05) is 33.8 Å². The van der Waals surface area contributed by atoms with Crippen LogP contribution in [0.2, 0.25) is 5.02 Å². The van der Waals surface area contributed by atoms with E-state index in [1.807, 2.05) is 31.2 Å². The zero-order valence-electron chi connectivity index (χ0n) is 14.0. The molecule has 0 saturated carbocycles. The van der Waals surface area contributed by atoms with Gasteiger partial charge in [-0.05, 0) is 55.8 Å². The van der Waals surface area contributed by atoms with Crippen LogP contribution >= 0.6 is 27.5 Å². The number of hydrogen-bond donors (Lipinski definition) is 0. The highest BCUT2D eigenvalue weighted by Crippen LogP contribution is 2.27. The standard InChI is InChI=1S/C19H18BrClN2O2/c1-12-10-16(21)6-7-17(12)23-9-8-22(13(2)18(23)24)19(25)14-4-3-5-15(20)11-14/h3-7,10-11,13H,8-9H2,1-2H3. The molecule has 2 aromatic carbocycles. The zero-order valence-corrected chi connectivity index (χ0v) is 16.3. The van der Waals surface area contributed by atoms with E-state index in [0.717, 1.165) is 15.7 Å². The van der Waals surface area contributed by atoms with Crippen LogP contribution in [0, 0.1) is 6.92 Å². The molecule has 1 heterocycles. The number of hydrogen-bond acceptors (Lipinski definition) is 2. The third-order valence-corrected chi connectivity index (χ3v) is 5.17. The van der Waals surface area contributed by atoms with Crippen LogP contribution in [0.4, 0.5) is 5.69 Å². The Hall–Kier alpha value is -1.85. The highest BCUT2D eigenvalue weighted by atomic mass is 79.9. The van der Waals surface area contributed by atoms with Gasteiger partial charge in [0.1, 0.15) is 6.04 Å². The number of anilines is 1. The molecular formula is C19H18BrClN2O2. The topological polar surface area (TPSA) is 40.6 Å². The number of nitrogens with zero attached hydrogens (tertiary/aromatic N) is 2. The fourth-order valence-electron chi connectivity index (χ4n) is 3.10. The Morgan fingerprint density at radius 3 is 2.64 bits per heavy atom. The van der Waals surface area contributed by atoms with E-state index in [0.29, 0.717) is 23.7 Å². The highest BCUT2D eigenvalue weighted by Gasteiger charge is 2.35. The first-order valence-electron chi connectivity index (χ1n) is 8.02. The number of rotatable bonds is 2. The minimum atomic E-state index is -0.518. The second-order valence-corrected chi connectivity index (χ2v) is 7.46. The second-order valence-electron chi connectivity index (χ2n) is 6.11. The van der Waals surface area contributed by atoms with Crippen molar-refractivity contribution in [1.82, 2.24) is 4.90 Å². The van der Waals surface area contributed by atoms with Crippen LogP contribution in [0.25, 0.3) is 0 Å². The number of aryl methyl sites for hydroxylation is 1. The van der Waals surface area contributed by atoms with Gasteiger partial charge in [0.25, 0.3) is 5.91 Å².